The van der Waals surface area contributed by atoms with Gasteiger partial charge in [-0.25, -0.2) is 0 Å². The number of likely N-dealkylation sites (N-methyl/N-ethyl adjacent to an activating group) is 1. The molecule has 0 spiro atoms. The Balaban J connectivity index is 1.55. The molecule has 1 aromatic rings. The number of amides is 2. The van der Waals surface area contributed by atoms with Crippen LogP contribution in [0.5, 0.6) is 5.75 Å². The lowest BCUT2D eigenvalue weighted by Crippen LogP contribution is -2.53. The summed E-state index contributed by atoms with van der Waals surface area (Å²) >= 11 is 3.45. The van der Waals surface area contributed by atoms with Gasteiger partial charge in [-0.3, -0.25) is 14.5 Å². The largest absolute Gasteiger partial charge is 0.488 e. The minimum atomic E-state index is -0.285. The summed E-state index contributed by atoms with van der Waals surface area (Å²) in [5, 5.41) is 3.23. The minimum Gasteiger partial charge on any atom is -0.488 e. The van der Waals surface area contributed by atoms with Crippen LogP contribution in [0, 0.1) is 0 Å². The quantitative estimate of drug-likeness (QED) is 0.837. The Morgan fingerprint density at radius 1 is 1.43 bits per heavy atom. The minimum absolute atomic E-state index is 0.0324. The van der Waals surface area contributed by atoms with E-state index in [0.29, 0.717) is 19.4 Å². The molecule has 2 unspecified atom stereocenters. The Hall–Kier alpha value is -1.40. The van der Waals surface area contributed by atoms with Gasteiger partial charge in [-0.05, 0) is 30.2 Å². The fraction of sp³-hybridized carbons (Fsp3) is 0.467. The lowest BCUT2D eigenvalue weighted by molar-refractivity contribution is -0.148. The predicted octanol–water partition coefficient (Wildman–Crippen LogP) is 1.49. The molecule has 2 amide bonds. The van der Waals surface area contributed by atoms with Crippen LogP contribution in [0.25, 0.3) is 0 Å². The first-order valence-corrected chi connectivity index (χ1v) is 7.83. The Kier molecular flexibility index (Phi) is 3.99. The molecular formula is C15H17BrN2O3. The number of carbonyl (C=O) groups excluding carboxylic acids is 2. The number of nitrogens with one attached hydrogen (secondary N) is 1. The Labute approximate surface area is 131 Å². The van der Waals surface area contributed by atoms with E-state index in [1.165, 1.54) is 17.5 Å². The summed E-state index contributed by atoms with van der Waals surface area (Å²) in [7, 11) is 1.54. The molecule has 0 saturated carbocycles. The van der Waals surface area contributed by atoms with E-state index < -0.39 is 0 Å². The van der Waals surface area contributed by atoms with Gasteiger partial charge in [-0.2, -0.15) is 0 Å². The molecule has 1 saturated heterocycles. The van der Waals surface area contributed by atoms with Crippen molar-refractivity contribution in [3.05, 3.63) is 28.2 Å². The number of hydrogen-bond donors (Lipinski definition) is 1. The van der Waals surface area contributed by atoms with Gasteiger partial charge in [0.1, 0.15) is 11.9 Å². The van der Waals surface area contributed by atoms with E-state index in [-0.39, 0.29) is 24.0 Å². The molecule has 0 bridgehead atoms. The molecule has 0 radical (unpaired) electrons. The van der Waals surface area contributed by atoms with Crippen LogP contribution in [0.15, 0.2) is 22.7 Å². The van der Waals surface area contributed by atoms with E-state index in [1.54, 1.807) is 0 Å². The average Bonchev–Trinajstić information content (AvgIpc) is 2.86. The molecule has 112 valence electrons. The topological polar surface area (TPSA) is 58.6 Å². The fourth-order valence-corrected chi connectivity index (χ4v) is 3.19. The summed E-state index contributed by atoms with van der Waals surface area (Å²) in [6.45, 7) is 0.602. The number of rotatable bonds is 3. The second-order valence-corrected chi connectivity index (χ2v) is 6.40. The van der Waals surface area contributed by atoms with Crippen LogP contribution >= 0.6 is 15.9 Å². The van der Waals surface area contributed by atoms with Gasteiger partial charge >= 0.3 is 0 Å². The predicted molar refractivity (Wildman–Crippen MR) is 81.1 cm³/mol. The summed E-state index contributed by atoms with van der Waals surface area (Å²) in [5.74, 6) is 0.657. The van der Waals surface area contributed by atoms with Gasteiger partial charge < -0.3 is 10.1 Å². The summed E-state index contributed by atoms with van der Waals surface area (Å²) in [6.07, 6.45) is 1.84. The van der Waals surface area contributed by atoms with Gasteiger partial charge in [0.15, 0.2) is 0 Å². The first-order chi connectivity index (χ1) is 10.0. The van der Waals surface area contributed by atoms with Crippen LogP contribution in [-0.4, -0.2) is 42.5 Å². The molecule has 2 aliphatic heterocycles. The standard InChI is InChI=1S/C15H17BrN2O3/c1-18-14(19)5-3-12(15(18)20)17-8-11-7-9-6-10(16)2-4-13(9)21-11/h2,4,6,11-12,17H,3,5,7-8H2,1H3. The number of nitrogens with zero attached hydrogens (tertiary/aromatic N) is 1. The number of halogens is 1. The number of fused-ring (bicyclic) bond motifs is 1. The summed E-state index contributed by atoms with van der Waals surface area (Å²) in [4.78, 5) is 24.6. The van der Waals surface area contributed by atoms with E-state index in [4.69, 9.17) is 4.74 Å². The number of piperidine rings is 1. The van der Waals surface area contributed by atoms with E-state index in [0.717, 1.165) is 16.6 Å². The van der Waals surface area contributed by atoms with E-state index >= 15 is 0 Å². The zero-order valence-corrected chi connectivity index (χ0v) is 13.4. The van der Waals surface area contributed by atoms with Crippen molar-refractivity contribution in [1.82, 2.24) is 10.2 Å². The molecule has 21 heavy (non-hydrogen) atoms. The maximum atomic E-state index is 12.0. The van der Waals surface area contributed by atoms with Gasteiger partial charge in [0.25, 0.3) is 0 Å². The Morgan fingerprint density at radius 2 is 2.24 bits per heavy atom. The third-order valence-corrected chi connectivity index (χ3v) is 4.50. The Bertz CT molecular complexity index is 590. The van der Waals surface area contributed by atoms with Crippen molar-refractivity contribution in [3.8, 4) is 5.75 Å². The number of hydrogen-bond acceptors (Lipinski definition) is 4. The number of imide groups is 1. The summed E-state index contributed by atoms with van der Waals surface area (Å²) < 4.78 is 6.90. The van der Waals surface area contributed by atoms with Crippen molar-refractivity contribution >= 4 is 27.7 Å². The van der Waals surface area contributed by atoms with Gasteiger partial charge in [-0.1, -0.05) is 15.9 Å². The number of benzene rings is 1. The van der Waals surface area contributed by atoms with Crippen molar-refractivity contribution in [3.63, 3.8) is 0 Å². The van der Waals surface area contributed by atoms with Crippen LogP contribution < -0.4 is 10.1 Å². The zero-order valence-electron chi connectivity index (χ0n) is 11.8. The van der Waals surface area contributed by atoms with Crippen LogP contribution in [0.2, 0.25) is 0 Å². The molecule has 1 N–H and O–H groups in total. The third kappa shape index (κ3) is 2.96. The van der Waals surface area contributed by atoms with Gasteiger partial charge in [-0.15, -0.1) is 0 Å². The highest BCUT2D eigenvalue weighted by atomic mass is 79.9. The van der Waals surface area contributed by atoms with Crippen LogP contribution in [0.1, 0.15) is 18.4 Å². The zero-order chi connectivity index (χ0) is 15.0. The van der Waals surface area contributed by atoms with Crippen molar-refractivity contribution in [2.45, 2.75) is 31.4 Å². The van der Waals surface area contributed by atoms with Crippen LogP contribution in [0.3, 0.4) is 0 Å². The molecule has 3 rings (SSSR count). The molecule has 2 aliphatic rings. The Morgan fingerprint density at radius 3 is 3.05 bits per heavy atom. The lowest BCUT2D eigenvalue weighted by Gasteiger charge is -2.29. The molecule has 0 aliphatic carbocycles. The van der Waals surface area contributed by atoms with Crippen molar-refractivity contribution < 1.29 is 14.3 Å². The molecule has 6 heteroatoms. The number of carbonyl (C=O) groups is 2. The average molecular weight is 353 g/mol. The first-order valence-electron chi connectivity index (χ1n) is 7.03. The number of likely N-dealkylation sites (tertiary alicyclic amines) is 1. The maximum absolute atomic E-state index is 12.0. The molecule has 2 atom stereocenters. The monoisotopic (exact) mass is 352 g/mol. The van der Waals surface area contributed by atoms with Gasteiger partial charge in [0.2, 0.25) is 11.8 Å². The normalized spacial score (nSPS) is 25.0. The number of ether oxygens (including phenoxy) is 1. The second-order valence-electron chi connectivity index (χ2n) is 5.49. The highest BCUT2D eigenvalue weighted by molar-refractivity contribution is 9.10. The van der Waals surface area contributed by atoms with Crippen LogP contribution in [-0.2, 0) is 16.0 Å². The van der Waals surface area contributed by atoms with Gasteiger partial charge in [0.05, 0.1) is 6.04 Å². The summed E-state index contributed by atoms with van der Waals surface area (Å²) in [5.41, 5.74) is 1.18. The highest BCUT2D eigenvalue weighted by Crippen LogP contribution is 2.31. The van der Waals surface area contributed by atoms with E-state index in [2.05, 4.69) is 27.3 Å². The molecule has 1 fully saturated rings. The van der Waals surface area contributed by atoms with Crippen molar-refractivity contribution in [1.29, 1.82) is 0 Å². The SMILES string of the molecule is CN1C(=O)CCC(NCC2Cc3cc(Br)ccc3O2)C1=O. The van der Waals surface area contributed by atoms with Crippen molar-refractivity contribution in [2.75, 3.05) is 13.6 Å². The second kappa shape index (κ2) is 5.77. The molecule has 0 aromatic heterocycles. The lowest BCUT2D eigenvalue weighted by atomic mass is 10.0. The molecular weight excluding hydrogens is 336 g/mol. The van der Waals surface area contributed by atoms with Crippen molar-refractivity contribution in [2.24, 2.45) is 0 Å². The van der Waals surface area contributed by atoms with Crippen LogP contribution in [0.4, 0.5) is 0 Å². The molecule has 2 heterocycles. The third-order valence-electron chi connectivity index (χ3n) is 4.01. The maximum Gasteiger partial charge on any atom is 0.246 e. The first kappa shape index (κ1) is 14.5. The highest BCUT2D eigenvalue weighted by Gasteiger charge is 2.32. The summed E-state index contributed by atoms with van der Waals surface area (Å²) in [6, 6.07) is 5.69. The van der Waals surface area contributed by atoms with E-state index in [9.17, 15) is 9.59 Å². The smallest absolute Gasteiger partial charge is 0.246 e. The van der Waals surface area contributed by atoms with E-state index in [1.807, 2.05) is 12.1 Å². The van der Waals surface area contributed by atoms with Gasteiger partial charge in [0, 0.05) is 30.9 Å². The fourth-order valence-electron chi connectivity index (χ4n) is 2.78. The molecule has 1 aromatic carbocycles. The molecule has 5 nitrogen and oxygen atoms in total.